The zero-order valence-corrected chi connectivity index (χ0v) is 18.2. The quantitative estimate of drug-likeness (QED) is 0.384. The summed E-state index contributed by atoms with van der Waals surface area (Å²) in [6.07, 6.45) is 2.84. The highest BCUT2D eigenvalue weighted by Gasteiger charge is 2.26. The normalized spacial score (nSPS) is 13.1. The minimum Gasteiger partial charge on any atom is -0.481 e. The lowest BCUT2D eigenvalue weighted by atomic mass is 9.97. The second kappa shape index (κ2) is 15.1. The first kappa shape index (κ1) is 28.4. The molecule has 0 unspecified atom stereocenters. The molecule has 0 aromatic heterocycles. The van der Waals surface area contributed by atoms with Gasteiger partial charge in [0, 0.05) is 6.42 Å². The van der Waals surface area contributed by atoms with Gasteiger partial charge < -0.3 is 25.4 Å². The highest BCUT2D eigenvalue weighted by Crippen LogP contribution is 2.13. The molecular weight excluding hydrogens is 366 g/mol. The Labute approximate surface area is 168 Å². The van der Waals surface area contributed by atoms with Crippen LogP contribution in [0.2, 0.25) is 0 Å². The lowest BCUT2D eigenvalue weighted by Crippen LogP contribution is -2.46. The SMILES string of the molecule is CC(C)C[C@H](NC(=O)OC(C)(C)C)[C@@H](O)CC(=O)O.CCCCCCC(=O)O. The molecule has 166 valence electrons. The minimum absolute atomic E-state index is 0.211. The zero-order valence-electron chi connectivity index (χ0n) is 18.2. The number of carbonyl (C=O) groups excluding carboxylic acids is 1. The van der Waals surface area contributed by atoms with Crippen molar-refractivity contribution in [3.8, 4) is 0 Å². The number of aliphatic carboxylic acids is 2. The van der Waals surface area contributed by atoms with Crippen molar-refractivity contribution in [3.63, 3.8) is 0 Å². The van der Waals surface area contributed by atoms with Crippen LogP contribution >= 0.6 is 0 Å². The lowest BCUT2D eigenvalue weighted by Gasteiger charge is -2.27. The molecule has 0 aliphatic heterocycles. The molecule has 0 aromatic rings. The Morgan fingerprint density at radius 1 is 1.00 bits per heavy atom. The maximum absolute atomic E-state index is 11.6. The number of unbranched alkanes of at least 4 members (excludes halogenated alkanes) is 3. The molecule has 0 saturated carbocycles. The Hall–Kier alpha value is -1.83. The number of carbonyl (C=O) groups is 3. The molecule has 0 heterocycles. The Bertz CT molecular complexity index is 458. The second-order valence-electron chi connectivity index (χ2n) is 8.25. The number of ether oxygens (including phenoxy) is 1. The highest BCUT2D eigenvalue weighted by molar-refractivity contribution is 5.69. The van der Waals surface area contributed by atoms with Crippen LogP contribution in [0, 0.1) is 5.92 Å². The standard InChI is InChI=1S/C13H25NO5.C7H14O2/c1-8(2)6-9(10(15)7-11(16)17)14-12(18)19-13(3,4)5;1-2-3-4-5-6-7(8)9/h8-10,15H,6-7H2,1-5H3,(H,14,18)(H,16,17);2-6H2,1H3,(H,8,9)/t9-,10-;/m0./s1. The molecule has 0 rings (SSSR count). The number of carboxylic acids is 2. The van der Waals surface area contributed by atoms with E-state index in [2.05, 4.69) is 12.2 Å². The van der Waals surface area contributed by atoms with E-state index >= 15 is 0 Å². The molecule has 28 heavy (non-hydrogen) atoms. The molecule has 1 amide bonds. The fourth-order valence-corrected chi connectivity index (χ4v) is 2.30. The first-order chi connectivity index (χ1) is 12.8. The summed E-state index contributed by atoms with van der Waals surface area (Å²) in [5.41, 5.74) is -0.635. The summed E-state index contributed by atoms with van der Waals surface area (Å²) in [7, 11) is 0. The van der Waals surface area contributed by atoms with Gasteiger partial charge in [-0.3, -0.25) is 9.59 Å². The van der Waals surface area contributed by atoms with Crippen molar-refractivity contribution in [1.82, 2.24) is 5.32 Å². The maximum Gasteiger partial charge on any atom is 0.407 e. The van der Waals surface area contributed by atoms with Gasteiger partial charge in [0.2, 0.25) is 0 Å². The first-order valence-electron chi connectivity index (χ1n) is 9.89. The number of carboxylic acid groups (broad SMARTS) is 2. The molecule has 0 spiro atoms. The average molecular weight is 406 g/mol. The number of hydrogen-bond donors (Lipinski definition) is 4. The number of aliphatic hydroxyl groups excluding tert-OH is 1. The first-order valence-corrected chi connectivity index (χ1v) is 9.89. The monoisotopic (exact) mass is 405 g/mol. The van der Waals surface area contributed by atoms with Crippen LogP contribution in [0.15, 0.2) is 0 Å². The number of nitrogens with one attached hydrogen (secondary N) is 1. The molecule has 8 heteroatoms. The summed E-state index contributed by atoms with van der Waals surface area (Å²) in [4.78, 5) is 32.2. The van der Waals surface area contributed by atoms with Crippen LogP contribution in [0.3, 0.4) is 0 Å². The van der Waals surface area contributed by atoms with E-state index in [1.807, 2.05) is 13.8 Å². The fraction of sp³-hybridized carbons (Fsp3) is 0.850. The Morgan fingerprint density at radius 2 is 1.57 bits per heavy atom. The zero-order chi connectivity index (χ0) is 22.3. The van der Waals surface area contributed by atoms with Gasteiger partial charge in [0.1, 0.15) is 5.60 Å². The fourth-order valence-electron chi connectivity index (χ4n) is 2.30. The van der Waals surface area contributed by atoms with Crippen molar-refractivity contribution in [2.75, 3.05) is 0 Å². The Morgan fingerprint density at radius 3 is 1.96 bits per heavy atom. The van der Waals surface area contributed by atoms with Gasteiger partial charge in [0.15, 0.2) is 0 Å². The number of aliphatic hydroxyl groups is 1. The van der Waals surface area contributed by atoms with Crippen LogP contribution in [0.4, 0.5) is 4.79 Å². The van der Waals surface area contributed by atoms with Crippen LogP contribution in [0.5, 0.6) is 0 Å². The molecule has 2 atom stereocenters. The van der Waals surface area contributed by atoms with E-state index in [0.717, 1.165) is 19.3 Å². The average Bonchev–Trinajstić information content (AvgIpc) is 2.48. The van der Waals surface area contributed by atoms with Crippen LogP contribution < -0.4 is 5.32 Å². The molecule has 0 radical (unpaired) electrons. The van der Waals surface area contributed by atoms with Crippen LogP contribution in [-0.4, -0.2) is 51.1 Å². The largest absolute Gasteiger partial charge is 0.481 e. The van der Waals surface area contributed by atoms with Crippen molar-refractivity contribution in [3.05, 3.63) is 0 Å². The van der Waals surface area contributed by atoms with Gasteiger partial charge in [0.25, 0.3) is 0 Å². The van der Waals surface area contributed by atoms with Gasteiger partial charge in [-0.2, -0.15) is 0 Å². The summed E-state index contributed by atoms with van der Waals surface area (Å²) in [5, 5.41) is 29.3. The van der Waals surface area contributed by atoms with Crippen LogP contribution in [0.25, 0.3) is 0 Å². The van der Waals surface area contributed by atoms with Gasteiger partial charge in [-0.15, -0.1) is 0 Å². The smallest absolute Gasteiger partial charge is 0.407 e. The van der Waals surface area contributed by atoms with Gasteiger partial charge in [-0.1, -0.05) is 40.0 Å². The Balaban J connectivity index is 0. The molecule has 0 aliphatic rings. The van der Waals surface area contributed by atoms with Gasteiger partial charge in [-0.25, -0.2) is 4.79 Å². The van der Waals surface area contributed by atoms with E-state index in [9.17, 15) is 19.5 Å². The summed E-state index contributed by atoms with van der Waals surface area (Å²) >= 11 is 0. The van der Waals surface area contributed by atoms with Crippen LogP contribution in [0.1, 0.15) is 86.5 Å². The molecule has 8 nitrogen and oxygen atoms in total. The van der Waals surface area contributed by atoms with E-state index in [0.29, 0.717) is 12.8 Å². The third-order valence-electron chi connectivity index (χ3n) is 3.52. The third-order valence-corrected chi connectivity index (χ3v) is 3.52. The predicted molar refractivity (Wildman–Crippen MR) is 107 cm³/mol. The molecule has 0 saturated heterocycles. The van der Waals surface area contributed by atoms with Crippen molar-refractivity contribution < 1.29 is 34.4 Å². The minimum atomic E-state index is -1.13. The van der Waals surface area contributed by atoms with E-state index in [1.165, 1.54) is 6.42 Å². The summed E-state index contributed by atoms with van der Waals surface area (Å²) in [6, 6.07) is -0.633. The van der Waals surface area contributed by atoms with E-state index in [4.69, 9.17) is 14.9 Å². The topological polar surface area (TPSA) is 133 Å². The lowest BCUT2D eigenvalue weighted by molar-refractivity contribution is -0.140. The third kappa shape index (κ3) is 20.5. The maximum atomic E-state index is 11.6. The van der Waals surface area contributed by atoms with Crippen molar-refractivity contribution in [1.29, 1.82) is 0 Å². The molecule has 0 fully saturated rings. The second-order valence-corrected chi connectivity index (χ2v) is 8.25. The number of amides is 1. The van der Waals surface area contributed by atoms with Crippen molar-refractivity contribution in [2.24, 2.45) is 5.92 Å². The van der Waals surface area contributed by atoms with E-state index < -0.39 is 42.2 Å². The van der Waals surface area contributed by atoms with Crippen molar-refractivity contribution in [2.45, 2.75) is 104 Å². The molecule has 0 aliphatic carbocycles. The highest BCUT2D eigenvalue weighted by atomic mass is 16.6. The molecule has 0 bridgehead atoms. The number of alkyl carbamates (subject to hydrolysis) is 1. The van der Waals surface area contributed by atoms with Crippen LogP contribution in [-0.2, 0) is 14.3 Å². The molecule has 0 aromatic carbocycles. The summed E-state index contributed by atoms with van der Waals surface area (Å²) in [6.45, 7) is 11.2. The summed E-state index contributed by atoms with van der Waals surface area (Å²) < 4.78 is 5.10. The van der Waals surface area contributed by atoms with Gasteiger partial charge in [-0.05, 0) is 39.5 Å². The number of rotatable bonds is 11. The summed E-state index contributed by atoms with van der Waals surface area (Å²) in [5.74, 6) is -1.57. The van der Waals surface area contributed by atoms with Gasteiger partial charge in [0.05, 0.1) is 18.6 Å². The predicted octanol–water partition coefficient (Wildman–Crippen LogP) is 3.80. The van der Waals surface area contributed by atoms with Crippen molar-refractivity contribution >= 4 is 18.0 Å². The molecule has 4 N–H and O–H groups in total. The van der Waals surface area contributed by atoms with Gasteiger partial charge >= 0.3 is 18.0 Å². The Kier molecular flexibility index (Phi) is 15.3. The van der Waals surface area contributed by atoms with E-state index in [1.54, 1.807) is 20.8 Å². The van der Waals surface area contributed by atoms with E-state index in [-0.39, 0.29) is 5.92 Å². The molecular formula is C20H39NO7. The number of hydrogen-bond acceptors (Lipinski definition) is 5.